The number of hydrogen-bond donors (Lipinski definition) is 1. The Balaban J connectivity index is 2.62. The number of esters is 1. The first kappa shape index (κ1) is 12.2. The van der Waals surface area contributed by atoms with E-state index >= 15 is 0 Å². The van der Waals surface area contributed by atoms with Crippen molar-refractivity contribution in [3.63, 3.8) is 0 Å². The van der Waals surface area contributed by atoms with Crippen LogP contribution < -0.4 is 0 Å². The van der Waals surface area contributed by atoms with Gasteiger partial charge in [0, 0.05) is 10.9 Å². The fourth-order valence-electron chi connectivity index (χ4n) is 1.19. The van der Waals surface area contributed by atoms with Crippen molar-refractivity contribution in [1.29, 1.82) is 0 Å². The third kappa shape index (κ3) is 3.64. The van der Waals surface area contributed by atoms with Gasteiger partial charge in [-0.3, -0.25) is 0 Å². The van der Waals surface area contributed by atoms with Crippen LogP contribution in [0.15, 0.2) is 28.7 Å². The fraction of sp³-hybridized carbons (Fsp3) is 0.364. The maximum absolute atomic E-state index is 11.2. The molecule has 0 aliphatic rings. The molecular weight excluding hydrogens is 260 g/mol. The van der Waals surface area contributed by atoms with Gasteiger partial charge in [-0.25, -0.2) is 4.79 Å². The molecule has 0 aromatic heterocycles. The lowest BCUT2D eigenvalue weighted by Gasteiger charge is -2.10. The summed E-state index contributed by atoms with van der Waals surface area (Å²) in [6.45, 7) is 1.99. The van der Waals surface area contributed by atoms with Crippen molar-refractivity contribution in [2.24, 2.45) is 0 Å². The Hall–Kier alpha value is -0.870. The predicted octanol–water partition coefficient (Wildman–Crippen LogP) is 1.92. The molecule has 0 heterocycles. The van der Waals surface area contributed by atoms with Crippen molar-refractivity contribution < 1.29 is 14.6 Å². The van der Waals surface area contributed by atoms with E-state index in [-0.39, 0.29) is 13.0 Å². The Morgan fingerprint density at radius 1 is 1.53 bits per heavy atom. The zero-order chi connectivity index (χ0) is 11.3. The molecule has 0 fully saturated rings. The van der Waals surface area contributed by atoms with E-state index in [9.17, 15) is 9.90 Å². The maximum Gasteiger partial charge on any atom is 0.335 e. The molecule has 0 aliphatic carbocycles. The highest BCUT2D eigenvalue weighted by atomic mass is 79.9. The van der Waals surface area contributed by atoms with Crippen molar-refractivity contribution in [2.45, 2.75) is 19.4 Å². The van der Waals surface area contributed by atoms with Gasteiger partial charge in [0.05, 0.1) is 6.61 Å². The third-order valence-corrected chi connectivity index (χ3v) is 2.70. The highest BCUT2D eigenvalue weighted by Gasteiger charge is 2.17. The standard InChI is InChI=1S/C11H13BrO3/c1-2-15-11(14)10(13)7-8-5-3-4-6-9(8)12/h3-6,10,13H,2,7H2,1H3. The topological polar surface area (TPSA) is 46.5 Å². The van der Waals surface area contributed by atoms with Crippen molar-refractivity contribution in [2.75, 3.05) is 6.61 Å². The van der Waals surface area contributed by atoms with Gasteiger partial charge in [0.25, 0.3) is 0 Å². The average molecular weight is 273 g/mol. The summed E-state index contributed by atoms with van der Waals surface area (Å²) in [7, 11) is 0. The number of carbonyl (C=O) groups is 1. The molecule has 1 atom stereocenters. The number of carbonyl (C=O) groups excluding carboxylic acids is 1. The molecule has 1 N–H and O–H groups in total. The van der Waals surface area contributed by atoms with Gasteiger partial charge in [-0.2, -0.15) is 0 Å². The minimum atomic E-state index is -1.09. The Bertz CT molecular complexity index is 338. The van der Waals surface area contributed by atoms with Crippen LogP contribution in [0.25, 0.3) is 0 Å². The number of rotatable bonds is 4. The Kier molecular flexibility index (Phi) is 4.78. The summed E-state index contributed by atoms with van der Waals surface area (Å²) in [4.78, 5) is 11.2. The molecule has 0 amide bonds. The minimum absolute atomic E-state index is 0.264. The second-order valence-corrected chi connectivity index (χ2v) is 3.92. The van der Waals surface area contributed by atoms with Crippen LogP contribution in [0.3, 0.4) is 0 Å². The normalized spacial score (nSPS) is 12.2. The summed E-state index contributed by atoms with van der Waals surface area (Å²) in [5.74, 6) is -0.576. The van der Waals surface area contributed by atoms with Crippen LogP contribution in [0, 0.1) is 0 Å². The number of hydrogen-bond acceptors (Lipinski definition) is 3. The SMILES string of the molecule is CCOC(=O)C(O)Cc1ccccc1Br. The summed E-state index contributed by atoms with van der Waals surface area (Å²) in [5.41, 5.74) is 0.887. The monoisotopic (exact) mass is 272 g/mol. The van der Waals surface area contributed by atoms with Crippen LogP contribution in [0.1, 0.15) is 12.5 Å². The summed E-state index contributed by atoms with van der Waals surface area (Å²) < 4.78 is 5.59. The van der Waals surface area contributed by atoms with Gasteiger partial charge in [0.2, 0.25) is 0 Å². The second-order valence-electron chi connectivity index (χ2n) is 3.06. The Morgan fingerprint density at radius 3 is 2.80 bits per heavy atom. The van der Waals surface area contributed by atoms with Crippen LogP contribution >= 0.6 is 15.9 Å². The molecule has 0 aliphatic heterocycles. The molecule has 1 unspecified atom stereocenters. The largest absolute Gasteiger partial charge is 0.464 e. The summed E-state index contributed by atoms with van der Waals surface area (Å²) in [5, 5.41) is 9.53. The van der Waals surface area contributed by atoms with Crippen LogP contribution in [0.2, 0.25) is 0 Å². The van der Waals surface area contributed by atoms with Gasteiger partial charge in [-0.15, -0.1) is 0 Å². The van der Waals surface area contributed by atoms with Crippen molar-refractivity contribution in [1.82, 2.24) is 0 Å². The summed E-state index contributed by atoms with van der Waals surface area (Å²) in [6, 6.07) is 7.46. The summed E-state index contributed by atoms with van der Waals surface area (Å²) in [6.07, 6.45) is -0.830. The van der Waals surface area contributed by atoms with Crippen LogP contribution in [-0.4, -0.2) is 23.8 Å². The Morgan fingerprint density at radius 2 is 2.20 bits per heavy atom. The number of aliphatic hydroxyl groups excluding tert-OH is 1. The predicted molar refractivity (Wildman–Crippen MR) is 60.5 cm³/mol. The molecule has 1 aromatic rings. The molecule has 0 spiro atoms. The van der Waals surface area contributed by atoms with Crippen LogP contribution in [-0.2, 0) is 16.0 Å². The molecule has 1 rings (SSSR count). The Labute approximate surface area is 97.2 Å². The van der Waals surface area contributed by atoms with E-state index in [1.807, 2.05) is 24.3 Å². The zero-order valence-electron chi connectivity index (χ0n) is 8.44. The quantitative estimate of drug-likeness (QED) is 0.852. The van der Waals surface area contributed by atoms with Gasteiger partial charge in [-0.05, 0) is 18.6 Å². The lowest BCUT2D eigenvalue weighted by Crippen LogP contribution is -2.25. The van der Waals surface area contributed by atoms with Gasteiger partial charge >= 0.3 is 5.97 Å². The molecule has 0 saturated carbocycles. The molecule has 0 bridgehead atoms. The summed E-state index contributed by atoms with van der Waals surface area (Å²) >= 11 is 3.35. The second kappa shape index (κ2) is 5.88. The number of benzene rings is 1. The van der Waals surface area contributed by atoms with Crippen LogP contribution in [0.4, 0.5) is 0 Å². The van der Waals surface area contributed by atoms with Crippen molar-refractivity contribution in [3.8, 4) is 0 Å². The average Bonchev–Trinajstić information content (AvgIpc) is 2.21. The minimum Gasteiger partial charge on any atom is -0.464 e. The molecular formula is C11H13BrO3. The first-order chi connectivity index (χ1) is 7.15. The number of ether oxygens (including phenoxy) is 1. The zero-order valence-corrected chi connectivity index (χ0v) is 10.0. The van der Waals surface area contributed by atoms with E-state index in [2.05, 4.69) is 15.9 Å². The lowest BCUT2D eigenvalue weighted by atomic mass is 10.1. The molecule has 4 heteroatoms. The van der Waals surface area contributed by atoms with E-state index < -0.39 is 12.1 Å². The maximum atomic E-state index is 11.2. The van der Waals surface area contributed by atoms with E-state index in [0.29, 0.717) is 0 Å². The van der Waals surface area contributed by atoms with Gasteiger partial charge < -0.3 is 9.84 Å². The highest BCUT2D eigenvalue weighted by molar-refractivity contribution is 9.10. The molecule has 1 aromatic carbocycles. The molecule has 0 radical (unpaired) electrons. The van der Waals surface area contributed by atoms with E-state index in [1.165, 1.54) is 0 Å². The van der Waals surface area contributed by atoms with E-state index in [1.54, 1.807) is 6.92 Å². The molecule has 82 valence electrons. The fourth-order valence-corrected chi connectivity index (χ4v) is 1.64. The van der Waals surface area contributed by atoms with E-state index in [0.717, 1.165) is 10.0 Å². The van der Waals surface area contributed by atoms with Gasteiger partial charge in [0.15, 0.2) is 6.10 Å². The van der Waals surface area contributed by atoms with Crippen LogP contribution in [0.5, 0.6) is 0 Å². The van der Waals surface area contributed by atoms with Crippen molar-refractivity contribution >= 4 is 21.9 Å². The number of aliphatic hydroxyl groups is 1. The molecule has 15 heavy (non-hydrogen) atoms. The molecule has 3 nitrogen and oxygen atoms in total. The van der Waals surface area contributed by atoms with E-state index in [4.69, 9.17) is 4.74 Å². The van der Waals surface area contributed by atoms with Gasteiger partial charge in [-0.1, -0.05) is 34.1 Å². The molecule has 0 saturated heterocycles. The third-order valence-electron chi connectivity index (χ3n) is 1.93. The highest BCUT2D eigenvalue weighted by Crippen LogP contribution is 2.17. The lowest BCUT2D eigenvalue weighted by molar-refractivity contribution is -0.152. The van der Waals surface area contributed by atoms with Crippen molar-refractivity contribution in [3.05, 3.63) is 34.3 Å². The smallest absolute Gasteiger partial charge is 0.335 e. The number of halogens is 1. The van der Waals surface area contributed by atoms with Gasteiger partial charge in [0.1, 0.15) is 0 Å². The first-order valence-corrected chi connectivity index (χ1v) is 5.52. The first-order valence-electron chi connectivity index (χ1n) is 4.73.